The van der Waals surface area contributed by atoms with Gasteiger partial charge in [-0.1, -0.05) is 18.2 Å². The van der Waals surface area contributed by atoms with Gasteiger partial charge in [0.2, 0.25) is 5.91 Å². The van der Waals surface area contributed by atoms with Gasteiger partial charge in [0.15, 0.2) is 0 Å². The van der Waals surface area contributed by atoms with Crippen LogP contribution in [-0.4, -0.2) is 24.5 Å². The summed E-state index contributed by atoms with van der Waals surface area (Å²) >= 11 is 1.72. The third-order valence-electron chi connectivity index (χ3n) is 3.98. The summed E-state index contributed by atoms with van der Waals surface area (Å²) in [5.74, 6) is 1.65. The summed E-state index contributed by atoms with van der Waals surface area (Å²) in [7, 11) is 1.63. The third kappa shape index (κ3) is 4.97. The maximum absolute atomic E-state index is 12.8. The monoisotopic (exact) mass is 355 g/mol. The molecular formula is C20H21NO3S. The van der Waals surface area contributed by atoms with Crippen LogP contribution in [0.2, 0.25) is 0 Å². The van der Waals surface area contributed by atoms with Gasteiger partial charge < -0.3 is 14.1 Å². The van der Waals surface area contributed by atoms with Gasteiger partial charge >= 0.3 is 0 Å². The number of nitrogens with zero attached hydrogens (tertiary/aromatic N) is 1. The number of furan rings is 1. The van der Waals surface area contributed by atoms with Crippen molar-refractivity contribution in [2.45, 2.75) is 19.4 Å². The Bertz CT molecular complexity index is 781. The molecule has 2 aromatic heterocycles. The highest BCUT2D eigenvalue weighted by atomic mass is 32.1. The number of benzene rings is 1. The zero-order valence-corrected chi connectivity index (χ0v) is 15.0. The van der Waals surface area contributed by atoms with Crippen molar-refractivity contribution in [3.8, 4) is 5.75 Å². The summed E-state index contributed by atoms with van der Waals surface area (Å²) < 4.78 is 10.7. The highest BCUT2D eigenvalue weighted by molar-refractivity contribution is 7.09. The van der Waals surface area contributed by atoms with Gasteiger partial charge in [-0.15, -0.1) is 11.3 Å². The lowest BCUT2D eigenvalue weighted by atomic mass is 10.1. The molecule has 0 saturated carbocycles. The van der Waals surface area contributed by atoms with Gasteiger partial charge in [0.05, 0.1) is 26.3 Å². The molecule has 25 heavy (non-hydrogen) atoms. The van der Waals surface area contributed by atoms with Crippen molar-refractivity contribution < 1.29 is 13.9 Å². The molecule has 0 aliphatic rings. The lowest BCUT2D eigenvalue weighted by Crippen LogP contribution is -2.33. The fourth-order valence-electron chi connectivity index (χ4n) is 2.65. The summed E-state index contributed by atoms with van der Waals surface area (Å²) in [5.41, 5.74) is 0.949. The molecule has 2 heterocycles. The fourth-order valence-corrected chi connectivity index (χ4v) is 3.35. The molecule has 0 N–H and O–H groups in total. The van der Waals surface area contributed by atoms with Crippen LogP contribution in [0.4, 0.5) is 0 Å². The molecule has 0 bridgehead atoms. The molecule has 0 aliphatic heterocycles. The fraction of sp³-hybridized carbons (Fsp3) is 0.250. The van der Waals surface area contributed by atoms with Gasteiger partial charge in [-0.3, -0.25) is 4.79 Å². The minimum absolute atomic E-state index is 0.0845. The van der Waals surface area contributed by atoms with Crippen molar-refractivity contribution in [2.24, 2.45) is 0 Å². The van der Waals surface area contributed by atoms with Crippen LogP contribution in [-0.2, 0) is 24.2 Å². The molecule has 0 spiro atoms. The van der Waals surface area contributed by atoms with E-state index in [1.165, 1.54) is 4.88 Å². The molecule has 4 nitrogen and oxygen atoms in total. The summed E-state index contributed by atoms with van der Waals surface area (Å²) in [6.45, 7) is 1.16. The van der Waals surface area contributed by atoms with Crippen molar-refractivity contribution >= 4 is 17.2 Å². The van der Waals surface area contributed by atoms with Crippen LogP contribution in [0.15, 0.2) is 64.6 Å². The molecule has 0 atom stereocenters. The Morgan fingerprint density at radius 1 is 1.20 bits per heavy atom. The van der Waals surface area contributed by atoms with Crippen molar-refractivity contribution in [3.05, 3.63) is 76.4 Å². The molecule has 0 saturated heterocycles. The minimum atomic E-state index is 0.0845. The minimum Gasteiger partial charge on any atom is -0.497 e. The largest absolute Gasteiger partial charge is 0.497 e. The standard InChI is InChI=1S/C20H21NO3S/c1-23-17-6-2-5-16(13-17)14-20(22)21(15-18-7-3-11-24-18)10-9-19-8-4-12-25-19/h2-8,11-13H,9-10,14-15H2,1H3. The average Bonchev–Trinajstić information content (AvgIpc) is 3.32. The molecule has 130 valence electrons. The second-order valence-corrected chi connectivity index (χ2v) is 6.78. The summed E-state index contributed by atoms with van der Waals surface area (Å²) in [6, 6.07) is 15.5. The quantitative estimate of drug-likeness (QED) is 0.609. The molecule has 0 aliphatic carbocycles. The van der Waals surface area contributed by atoms with E-state index in [0.717, 1.165) is 23.5 Å². The smallest absolute Gasteiger partial charge is 0.227 e. The topological polar surface area (TPSA) is 42.7 Å². The first-order valence-corrected chi connectivity index (χ1v) is 9.08. The van der Waals surface area contributed by atoms with Crippen molar-refractivity contribution in [2.75, 3.05) is 13.7 Å². The van der Waals surface area contributed by atoms with E-state index in [0.29, 0.717) is 19.5 Å². The van der Waals surface area contributed by atoms with Crippen molar-refractivity contribution in [1.29, 1.82) is 0 Å². The first-order chi connectivity index (χ1) is 12.2. The number of rotatable bonds is 8. The van der Waals surface area contributed by atoms with Crippen LogP contribution < -0.4 is 4.74 Å². The van der Waals surface area contributed by atoms with E-state index in [4.69, 9.17) is 9.15 Å². The number of ether oxygens (including phenoxy) is 1. The Kier molecular flexibility index (Phi) is 5.90. The maximum atomic E-state index is 12.8. The van der Waals surface area contributed by atoms with E-state index in [2.05, 4.69) is 11.4 Å². The number of carbonyl (C=O) groups excluding carboxylic acids is 1. The first-order valence-electron chi connectivity index (χ1n) is 8.20. The van der Waals surface area contributed by atoms with Crippen LogP contribution in [0, 0.1) is 0 Å². The Morgan fingerprint density at radius 3 is 2.84 bits per heavy atom. The van der Waals surface area contributed by atoms with Gasteiger partial charge in [-0.25, -0.2) is 0 Å². The summed E-state index contributed by atoms with van der Waals surface area (Å²) in [5, 5.41) is 2.06. The average molecular weight is 355 g/mol. The number of hydrogen-bond donors (Lipinski definition) is 0. The lowest BCUT2D eigenvalue weighted by molar-refractivity contribution is -0.131. The van der Waals surface area contributed by atoms with Crippen molar-refractivity contribution in [1.82, 2.24) is 4.90 Å². The second kappa shape index (κ2) is 8.53. The SMILES string of the molecule is COc1cccc(CC(=O)N(CCc2cccs2)Cc2ccco2)c1. The molecular weight excluding hydrogens is 334 g/mol. The second-order valence-electron chi connectivity index (χ2n) is 5.75. The number of carbonyl (C=O) groups is 1. The summed E-state index contributed by atoms with van der Waals surface area (Å²) in [4.78, 5) is 16.0. The zero-order chi connectivity index (χ0) is 17.5. The van der Waals surface area contributed by atoms with Crippen LogP contribution in [0.5, 0.6) is 5.75 Å². The zero-order valence-electron chi connectivity index (χ0n) is 14.2. The Labute approximate surface area is 151 Å². The highest BCUT2D eigenvalue weighted by Crippen LogP contribution is 2.16. The predicted molar refractivity (Wildman–Crippen MR) is 98.8 cm³/mol. The van der Waals surface area contributed by atoms with Crippen LogP contribution >= 0.6 is 11.3 Å². The molecule has 1 aromatic carbocycles. The van der Waals surface area contributed by atoms with E-state index in [1.807, 2.05) is 47.4 Å². The Morgan fingerprint density at radius 2 is 2.12 bits per heavy atom. The van der Waals surface area contributed by atoms with E-state index in [-0.39, 0.29) is 5.91 Å². The molecule has 0 radical (unpaired) electrons. The molecule has 0 unspecified atom stereocenters. The molecule has 1 amide bonds. The van der Waals surface area contributed by atoms with E-state index < -0.39 is 0 Å². The van der Waals surface area contributed by atoms with Gasteiger partial charge in [0, 0.05) is 11.4 Å². The number of thiophene rings is 1. The van der Waals surface area contributed by atoms with Gasteiger partial charge in [-0.05, 0) is 47.7 Å². The summed E-state index contributed by atoms with van der Waals surface area (Å²) in [6.07, 6.45) is 2.84. The molecule has 0 fully saturated rings. The Hall–Kier alpha value is -2.53. The Balaban J connectivity index is 1.68. The lowest BCUT2D eigenvalue weighted by Gasteiger charge is -2.21. The van der Waals surface area contributed by atoms with Gasteiger partial charge in [0.1, 0.15) is 11.5 Å². The number of hydrogen-bond acceptors (Lipinski definition) is 4. The predicted octanol–water partition coefficient (Wildman–Crippen LogP) is 4.16. The molecule has 3 aromatic rings. The highest BCUT2D eigenvalue weighted by Gasteiger charge is 2.16. The number of methoxy groups -OCH3 is 1. The number of amides is 1. The van der Waals surface area contributed by atoms with Crippen LogP contribution in [0.1, 0.15) is 16.2 Å². The third-order valence-corrected chi connectivity index (χ3v) is 4.91. The normalized spacial score (nSPS) is 10.6. The van der Waals surface area contributed by atoms with Crippen LogP contribution in [0.25, 0.3) is 0 Å². The van der Waals surface area contributed by atoms with Gasteiger partial charge in [0.25, 0.3) is 0 Å². The molecule has 3 rings (SSSR count). The first kappa shape index (κ1) is 17.3. The van der Waals surface area contributed by atoms with Crippen LogP contribution in [0.3, 0.4) is 0 Å². The maximum Gasteiger partial charge on any atom is 0.227 e. The van der Waals surface area contributed by atoms with E-state index in [1.54, 1.807) is 24.7 Å². The van der Waals surface area contributed by atoms with Gasteiger partial charge in [-0.2, -0.15) is 0 Å². The van der Waals surface area contributed by atoms with Crippen molar-refractivity contribution in [3.63, 3.8) is 0 Å². The molecule has 5 heteroatoms. The van der Waals surface area contributed by atoms with E-state index >= 15 is 0 Å². The van der Waals surface area contributed by atoms with E-state index in [9.17, 15) is 4.79 Å².